The van der Waals surface area contributed by atoms with Crippen molar-refractivity contribution >= 4 is 5.91 Å². The van der Waals surface area contributed by atoms with E-state index in [0.717, 1.165) is 24.5 Å². The van der Waals surface area contributed by atoms with Crippen molar-refractivity contribution in [3.05, 3.63) is 72.1 Å². The number of aromatic nitrogens is 3. The van der Waals surface area contributed by atoms with Gasteiger partial charge in [-0.3, -0.25) is 9.69 Å². The lowest BCUT2D eigenvalue weighted by Crippen LogP contribution is -2.40. The first-order chi connectivity index (χ1) is 14.7. The molecule has 0 aliphatic carbocycles. The van der Waals surface area contributed by atoms with Crippen LogP contribution in [-0.4, -0.2) is 52.5 Å². The van der Waals surface area contributed by atoms with Crippen LogP contribution in [0, 0.1) is 0 Å². The zero-order valence-corrected chi connectivity index (χ0v) is 17.2. The molecule has 2 aromatic carbocycles. The number of hydrogen-bond acceptors (Lipinski definition) is 5. The number of nitrogens with zero attached hydrogens (tertiary/aromatic N) is 4. The van der Waals surface area contributed by atoms with Gasteiger partial charge in [-0.15, -0.1) is 5.10 Å². The fourth-order valence-corrected chi connectivity index (χ4v) is 3.85. The Balaban J connectivity index is 1.46. The summed E-state index contributed by atoms with van der Waals surface area (Å²) in [5.74, 6) is 0.616. The van der Waals surface area contributed by atoms with Gasteiger partial charge in [-0.25, -0.2) is 0 Å². The van der Waals surface area contributed by atoms with Crippen LogP contribution in [0.3, 0.4) is 0 Å². The third kappa shape index (κ3) is 4.68. The lowest BCUT2D eigenvalue weighted by atomic mass is 10.0. The van der Waals surface area contributed by atoms with Crippen LogP contribution in [0.25, 0.3) is 5.69 Å². The number of rotatable bonds is 7. The van der Waals surface area contributed by atoms with Crippen LogP contribution >= 0.6 is 0 Å². The van der Waals surface area contributed by atoms with Crippen molar-refractivity contribution in [2.45, 2.75) is 25.3 Å². The van der Waals surface area contributed by atoms with E-state index in [0.29, 0.717) is 12.2 Å². The largest absolute Gasteiger partial charge is 0.497 e. The number of nitrogens with one attached hydrogen (secondary N) is 1. The number of carbonyl (C=O) groups is 1. The van der Waals surface area contributed by atoms with Crippen LogP contribution in [0.15, 0.2) is 60.8 Å². The molecular formula is C23H27N5O2. The highest BCUT2D eigenvalue weighted by Crippen LogP contribution is 2.26. The molecule has 7 nitrogen and oxygen atoms in total. The van der Waals surface area contributed by atoms with E-state index in [1.165, 1.54) is 35.8 Å². The number of carbonyl (C=O) groups excluding carboxylic acids is 1. The summed E-state index contributed by atoms with van der Waals surface area (Å²) in [7, 11) is 1.67. The van der Waals surface area contributed by atoms with E-state index in [4.69, 9.17) is 4.74 Å². The van der Waals surface area contributed by atoms with Gasteiger partial charge in [-0.1, -0.05) is 36.8 Å². The van der Waals surface area contributed by atoms with E-state index in [1.54, 1.807) is 7.11 Å². The number of ether oxygens (including phenoxy) is 1. The smallest absolute Gasteiger partial charge is 0.273 e. The highest BCUT2D eigenvalue weighted by Gasteiger charge is 2.23. The molecule has 1 N–H and O–H groups in total. The zero-order chi connectivity index (χ0) is 20.8. The van der Waals surface area contributed by atoms with E-state index in [9.17, 15) is 4.79 Å². The summed E-state index contributed by atoms with van der Waals surface area (Å²) >= 11 is 0. The van der Waals surface area contributed by atoms with Gasteiger partial charge < -0.3 is 10.1 Å². The summed E-state index contributed by atoms with van der Waals surface area (Å²) < 4.78 is 5.29. The van der Waals surface area contributed by atoms with Crippen molar-refractivity contribution in [1.82, 2.24) is 25.2 Å². The normalized spacial score (nSPS) is 15.5. The summed E-state index contributed by atoms with van der Waals surface area (Å²) in [4.78, 5) is 16.7. The second-order valence-corrected chi connectivity index (χ2v) is 7.45. The minimum Gasteiger partial charge on any atom is -0.497 e. The fourth-order valence-electron chi connectivity index (χ4n) is 3.85. The van der Waals surface area contributed by atoms with E-state index >= 15 is 0 Å². The monoisotopic (exact) mass is 405 g/mol. The summed E-state index contributed by atoms with van der Waals surface area (Å²) in [6.45, 7) is 2.59. The molecule has 1 saturated heterocycles. The van der Waals surface area contributed by atoms with Gasteiger partial charge in [0.05, 0.1) is 25.0 Å². The van der Waals surface area contributed by atoms with Crippen LogP contribution in [0.2, 0.25) is 0 Å². The molecule has 1 aliphatic heterocycles. The fraction of sp³-hybridized carbons (Fsp3) is 0.348. The summed E-state index contributed by atoms with van der Waals surface area (Å²) in [6.07, 6.45) is 5.14. The molecular weight excluding hydrogens is 378 g/mol. The molecule has 30 heavy (non-hydrogen) atoms. The average Bonchev–Trinajstić information content (AvgIpc) is 3.31. The number of likely N-dealkylation sites (tertiary alicyclic amines) is 1. The van der Waals surface area contributed by atoms with Gasteiger partial charge in [-0.2, -0.15) is 9.90 Å². The highest BCUT2D eigenvalue weighted by molar-refractivity contribution is 5.91. The molecule has 2 heterocycles. The highest BCUT2D eigenvalue weighted by atomic mass is 16.5. The average molecular weight is 406 g/mol. The Morgan fingerprint density at radius 1 is 1.07 bits per heavy atom. The van der Waals surface area contributed by atoms with Crippen LogP contribution in [-0.2, 0) is 0 Å². The topological polar surface area (TPSA) is 72.3 Å². The SMILES string of the molecule is COc1ccc([C@H](CNC(=O)c2cnn(-c3ccccc3)n2)N2CCCCC2)cc1. The maximum atomic E-state index is 12.7. The molecule has 0 unspecified atom stereocenters. The minimum absolute atomic E-state index is 0.115. The van der Waals surface area contributed by atoms with Gasteiger partial charge in [0.2, 0.25) is 0 Å². The minimum atomic E-state index is -0.215. The van der Waals surface area contributed by atoms with Gasteiger partial charge in [0.25, 0.3) is 5.91 Å². The van der Waals surface area contributed by atoms with E-state index < -0.39 is 0 Å². The first kappa shape index (κ1) is 20.1. The Hall–Kier alpha value is -3.19. The quantitative estimate of drug-likeness (QED) is 0.653. The molecule has 4 rings (SSSR count). The maximum Gasteiger partial charge on any atom is 0.273 e. The van der Waals surface area contributed by atoms with Crippen molar-refractivity contribution in [1.29, 1.82) is 0 Å². The molecule has 0 saturated carbocycles. The van der Waals surface area contributed by atoms with Crippen molar-refractivity contribution < 1.29 is 9.53 Å². The Morgan fingerprint density at radius 2 is 1.80 bits per heavy atom. The van der Waals surface area contributed by atoms with Gasteiger partial charge in [0, 0.05) is 6.54 Å². The second kappa shape index (κ2) is 9.54. The summed E-state index contributed by atoms with van der Waals surface area (Å²) in [6, 6.07) is 17.8. The van der Waals surface area contributed by atoms with Crippen molar-refractivity contribution in [3.63, 3.8) is 0 Å². The van der Waals surface area contributed by atoms with Gasteiger partial charge in [-0.05, 0) is 55.8 Å². The Morgan fingerprint density at radius 3 is 2.50 bits per heavy atom. The van der Waals surface area contributed by atoms with Gasteiger partial charge in [0.15, 0.2) is 5.69 Å². The van der Waals surface area contributed by atoms with E-state index in [1.807, 2.05) is 42.5 Å². The molecule has 1 aromatic heterocycles. The number of piperidine rings is 1. The summed E-state index contributed by atoms with van der Waals surface area (Å²) in [5.41, 5.74) is 2.30. The second-order valence-electron chi connectivity index (χ2n) is 7.45. The predicted molar refractivity (Wildman–Crippen MR) is 115 cm³/mol. The molecule has 1 atom stereocenters. The molecule has 1 aliphatic rings. The van der Waals surface area contributed by atoms with E-state index in [-0.39, 0.29) is 11.9 Å². The van der Waals surface area contributed by atoms with Crippen LogP contribution in [0.5, 0.6) is 5.75 Å². The number of hydrogen-bond donors (Lipinski definition) is 1. The van der Waals surface area contributed by atoms with Crippen LogP contribution < -0.4 is 10.1 Å². The molecule has 1 fully saturated rings. The van der Waals surface area contributed by atoms with Gasteiger partial charge in [0.1, 0.15) is 5.75 Å². The summed E-state index contributed by atoms with van der Waals surface area (Å²) in [5, 5.41) is 11.6. The molecule has 1 amide bonds. The predicted octanol–water partition coefficient (Wildman–Crippen LogP) is 3.23. The Bertz CT molecular complexity index is 949. The molecule has 0 radical (unpaired) electrons. The maximum absolute atomic E-state index is 12.7. The molecule has 7 heteroatoms. The zero-order valence-electron chi connectivity index (χ0n) is 17.2. The Labute approximate surface area is 176 Å². The third-order valence-corrected chi connectivity index (χ3v) is 5.50. The molecule has 0 spiro atoms. The van der Waals surface area contributed by atoms with Crippen LogP contribution in [0.4, 0.5) is 0 Å². The third-order valence-electron chi connectivity index (χ3n) is 5.50. The lowest BCUT2D eigenvalue weighted by Gasteiger charge is -2.35. The van der Waals surface area contributed by atoms with Crippen LogP contribution in [0.1, 0.15) is 41.4 Å². The lowest BCUT2D eigenvalue weighted by molar-refractivity contribution is 0.0919. The standard InChI is InChI=1S/C23H27N5O2/c1-30-20-12-10-18(11-13-20)22(27-14-6-3-7-15-27)17-24-23(29)21-16-25-28(26-21)19-8-4-2-5-9-19/h2,4-5,8-13,16,22H,3,6-7,14-15,17H2,1H3,(H,24,29)/t22-/m0/s1. The number of para-hydroxylation sites is 1. The number of methoxy groups -OCH3 is 1. The van der Waals surface area contributed by atoms with Gasteiger partial charge >= 0.3 is 0 Å². The van der Waals surface area contributed by atoms with Crippen molar-refractivity contribution in [2.75, 3.05) is 26.7 Å². The first-order valence-corrected chi connectivity index (χ1v) is 10.4. The van der Waals surface area contributed by atoms with E-state index in [2.05, 4.69) is 32.5 Å². The van der Waals surface area contributed by atoms with Crippen molar-refractivity contribution in [2.24, 2.45) is 0 Å². The molecule has 0 bridgehead atoms. The molecule has 156 valence electrons. The molecule has 3 aromatic rings. The van der Waals surface area contributed by atoms with Crippen molar-refractivity contribution in [3.8, 4) is 11.4 Å². The number of benzene rings is 2. The Kier molecular flexibility index (Phi) is 6.39. The first-order valence-electron chi connectivity index (χ1n) is 10.4. The number of amides is 1.